The van der Waals surface area contributed by atoms with Crippen LogP contribution in [0.2, 0.25) is 0 Å². The Bertz CT molecular complexity index is 234. The van der Waals surface area contributed by atoms with Gasteiger partial charge in [-0.15, -0.1) is 5.10 Å². The molecule has 1 aromatic heterocycles. The number of hydrogen-bond acceptors (Lipinski definition) is 5. The highest BCUT2D eigenvalue weighted by Gasteiger charge is 2.14. The molecule has 0 radical (unpaired) electrons. The van der Waals surface area contributed by atoms with E-state index in [9.17, 15) is 0 Å². The summed E-state index contributed by atoms with van der Waals surface area (Å²) in [6.45, 7) is 6.26. The van der Waals surface area contributed by atoms with Crippen molar-refractivity contribution in [2.24, 2.45) is 0 Å². The van der Waals surface area contributed by atoms with Crippen molar-refractivity contribution >= 4 is 23.3 Å². The van der Waals surface area contributed by atoms with Gasteiger partial charge in [0, 0.05) is 23.2 Å². The van der Waals surface area contributed by atoms with E-state index in [1.807, 2.05) is 17.1 Å². The second kappa shape index (κ2) is 4.93. The van der Waals surface area contributed by atoms with Crippen LogP contribution in [-0.4, -0.2) is 27.1 Å². The first-order chi connectivity index (χ1) is 6.14. The van der Waals surface area contributed by atoms with Gasteiger partial charge >= 0.3 is 0 Å². The summed E-state index contributed by atoms with van der Waals surface area (Å²) < 4.78 is 4.10. The first kappa shape index (κ1) is 10.9. The molecule has 0 bridgehead atoms. The van der Waals surface area contributed by atoms with Gasteiger partial charge in [-0.1, -0.05) is 4.49 Å². The van der Waals surface area contributed by atoms with Gasteiger partial charge in [0.25, 0.3) is 0 Å². The molecule has 0 fully saturated rings. The van der Waals surface area contributed by atoms with Crippen LogP contribution in [-0.2, 0) is 6.54 Å². The zero-order valence-corrected chi connectivity index (χ0v) is 9.84. The molecule has 1 aromatic rings. The lowest BCUT2D eigenvalue weighted by Crippen LogP contribution is -2.31. The summed E-state index contributed by atoms with van der Waals surface area (Å²) in [6, 6.07) is 0. The Kier molecular flexibility index (Phi) is 4.15. The molecule has 5 heteroatoms. The number of thioether (sulfide) groups is 1. The van der Waals surface area contributed by atoms with Gasteiger partial charge in [0.05, 0.1) is 5.69 Å². The molecule has 0 amide bonds. The van der Waals surface area contributed by atoms with Crippen LogP contribution in [0.1, 0.15) is 19.5 Å². The van der Waals surface area contributed by atoms with E-state index in [0.29, 0.717) is 4.75 Å². The minimum absolute atomic E-state index is 0.295. The van der Waals surface area contributed by atoms with E-state index in [-0.39, 0.29) is 0 Å². The number of nitrogens with zero attached hydrogens (tertiary/aromatic N) is 2. The van der Waals surface area contributed by atoms with Crippen LogP contribution in [0.5, 0.6) is 0 Å². The van der Waals surface area contributed by atoms with Crippen LogP contribution in [0, 0.1) is 0 Å². The minimum atomic E-state index is 0.295. The van der Waals surface area contributed by atoms with E-state index in [4.69, 9.17) is 0 Å². The molecule has 1 N–H and O–H groups in total. The fourth-order valence-electron chi connectivity index (χ4n) is 0.825. The lowest BCUT2D eigenvalue weighted by atomic mass is 10.2. The van der Waals surface area contributed by atoms with E-state index >= 15 is 0 Å². The Morgan fingerprint density at radius 2 is 2.38 bits per heavy atom. The Balaban J connectivity index is 2.21. The molecule has 13 heavy (non-hydrogen) atoms. The molecule has 0 aliphatic rings. The summed E-state index contributed by atoms with van der Waals surface area (Å²) in [4.78, 5) is 0. The van der Waals surface area contributed by atoms with Crippen LogP contribution < -0.4 is 5.32 Å². The number of nitrogens with one attached hydrogen (secondary N) is 1. The standard InChI is InChI=1S/C8H15N3S2/c1-8(2,12-3)6-9-4-7-5-13-11-10-7/h5,9H,4,6H2,1-3H3. The van der Waals surface area contributed by atoms with Gasteiger partial charge in [-0.2, -0.15) is 11.8 Å². The molecule has 74 valence electrons. The Hall–Kier alpha value is -0.130. The molecule has 1 rings (SSSR count). The highest BCUT2D eigenvalue weighted by Crippen LogP contribution is 2.19. The number of aromatic nitrogens is 2. The Morgan fingerprint density at radius 3 is 2.92 bits per heavy atom. The lowest BCUT2D eigenvalue weighted by Gasteiger charge is -2.21. The molecule has 0 saturated heterocycles. The average molecular weight is 217 g/mol. The third-order valence-corrected chi connectivity index (χ3v) is 3.62. The molecule has 1 heterocycles. The molecular formula is C8H15N3S2. The third-order valence-electron chi connectivity index (χ3n) is 1.81. The SMILES string of the molecule is CSC(C)(C)CNCc1csnn1. The Morgan fingerprint density at radius 1 is 1.62 bits per heavy atom. The summed E-state index contributed by atoms with van der Waals surface area (Å²) in [7, 11) is 0. The highest BCUT2D eigenvalue weighted by atomic mass is 32.2. The van der Waals surface area contributed by atoms with Crippen molar-refractivity contribution < 1.29 is 0 Å². The Labute approximate surface area is 87.5 Å². The molecule has 0 aliphatic carbocycles. The fourth-order valence-corrected chi connectivity index (χ4v) is 1.52. The summed E-state index contributed by atoms with van der Waals surface area (Å²) >= 11 is 3.27. The topological polar surface area (TPSA) is 37.8 Å². The molecule has 3 nitrogen and oxygen atoms in total. The van der Waals surface area contributed by atoms with Gasteiger partial charge in [-0.25, -0.2) is 0 Å². The van der Waals surface area contributed by atoms with Crippen molar-refractivity contribution in [2.45, 2.75) is 25.1 Å². The van der Waals surface area contributed by atoms with E-state index in [2.05, 4.69) is 35.0 Å². The zero-order chi connectivity index (χ0) is 9.73. The van der Waals surface area contributed by atoms with Crippen molar-refractivity contribution in [3.8, 4) is 0 Å². The monoisotopic (exact) mass is 217 g/mol. The maximum absolute atomic E-state index is 3.96. The summed E-state index contributed by atoms with van der Waals surface area (Å²) in [5.74, 6) is 0. The molecule has 0 aliphatic heterocycles. The first-order valence-electron chi connectivity index (χ1n) is 4.16. The summed E-state index contributed by atoms with van der Waals surface area (Å²) in [5.41, 5.74) is 1.03. The highest BCUT2D eigenvalue weighted by molar-refractivity contribution is 7.99. The van der Waals surface area contributed by atoms with Gasteiger partial charge < -0.3 is 5.32 Å². The van der Waals surface area contributed by atoms with Gasteiger partial charge in [-0.05, 0) is 31.6 Å². The zero-order valence-electron chi connectivity index (χ0n) is 8.20. The molecule has 0 atom stereocenters. The van der Waals surface area contributed by atoms with Crippen molar-refractivity contribution in [1.82, 2.24) is 14.9 Å². The largest absolute Gasteiger partial charge is 0.310 e. The van der Waals surface area contributed by atoms with E-state index < -0.39 is 0 Å². The van der Waals surface area contributed by atoms with Gasteiger partial charge in [0.2, 0.25) is 0 Å². The summed E-state index contributed by atoms with van der Waals surface area (Å²) in [6.07, 6.45) is 2.13. The van der Waals surface area contributed by atoms with Crippen LogP contribution in [0.4, 0.5) is 0 Å². The van der Waals surface area contributed by atoms with Gasteiger partial charge in [-0.3, -0.25) is 0 Å². The van der Waals surface area contributed by atoms with Crippen LogP contribution >= 0.6 is 23.3 Å². The van der Waals surface area contributed by atoms with Crippen molar-refractivity contribution in [3.63, 3.8) is 0 Å². The predicted molar refractivity (Wildman–Crippen MR) is 59.2 cm³/mol. The third kappa shape index (κ3) is 4.06. The number of rotatable bonds is 5. The molecular weight excluding hydrogens is 202 g/mol. The fraction of sp³-hybridized carbons (Fsp3) is 0.750. The van der Waals surface area contributed by atoms with Gasteiger partial charge in [0.1, 0.15) is 0 Å². The maximum atomic E-state index is 3.96. The predicted octanol–water partition coefficient (Wildman–Crippen LogP) is 1.77. The van der Waals surface area contributed by atoms with Crippen LogP contribution in [0.25, 0.3) is 0 Å². The van der Waals surface area contributed by atoms with E-state index in [1.54, 1.807) is 0 Å². The van der Waals surface area contributed by atoms with Crippen molar-refractivity contribution in [1.29, 1.82) is 0 Å². The van der Waals surface area contributed by atoms with Crippen molar-refractivity contribution in [3.05, 3.63) is 11.1 Å². The molecule has 0 spiro atoms. The smallest absolute Gasteiger partial charge is 0.0893 e. The van der Waals surface area contributed by atoms with Gasteiger partial charge in [0.15, 0.2) is 0 Å². The lowest BCUT2D eigenvalue weighted by molar-refractivity contribution is 0.585. The van der Waals surface area contributed by atoms with E-state index in [0.717, 1.165) is 18.8 Å². The normalized spacial score (nSPS) is 11.9. The number of hydrogen-bond donors (Lipinski definition) is 1. The average Bonchev–Trinajstić information content (AvgIpc) is 2.57. The summed E-state index contributed by atoms with van der Waals surface area (Å²) in [5, 5.41) is 9.29. The second-order valence-corrected chi connectivity index (χ2v) is 5.59. The van der Waals surface area contributed by atoms with Crippen LogP contribution in [0.15, 0.2) is 5.38 Å². The van der Waals surface area contributed by atoms with E-state index in [1.165, 1.54) is 11.5 Å². The minimum Gasteiger partial charge on any atom is -0.310 e. The molecule has 0 unspecified atom stereocenters. The molecule has 0 aromatic carbocycles. The maximum Gasteiger partial charge on any atom is 0.0893 e. The second-order valence-electron chi connectivity index (χ2n) is 3.46. The quantitative estimate of drug-likeness (QED) is 0.815. The van der Waals surface area contributed by atoms with Crippen molar-refractivity contribution in [2.75, 3.05) is 12.8 Å². The van der Waals surface area contributed by atoms with Crippen LogP contribution in [0.3, 0.4) is 0 Å². The first-order valence-corrected chi connectivity index (χ1v) is 6.22. The molecule has 0 saturated carbocycles.